The number of aromatic nitrogens is 3. The van der Waals surface area contributed by atoms with Crippen LogP contribution in [0.2, 0.25) is 0 Å². The largest absolute Gasteiger partial charge is 0.338 e. The normalized spacial score (nSPS) is 10.8. The fourth-order valence-electron chi connectivity index (χ4n) is 2.52. The Hall–Kier alpha value is -3.19. The van der Waals surface area contributed by atoms with E-state index in [1.54, 1.807) is 12.3 Å². The number of pyridine rings is 2. The molecule has 0 amide bonds. The number of H-pyrrole nitrogens is 1. The molecule has 4 heteroatoms. The van der Waals surface area contributed by atoms with E-state index in [1.807, 2.05) is 24.4 Å². The Morgan fingerprint density at radius 2 is 1.76 bits per heavy atom. The Bertz CT molecular complexity index is 994. The molecule has 0 fully saturated rings. The minimum absolute atomic E-state index is 0.411. The highest BCUT2D eigenvalue weighted by Crippen LogP contribution is 2.28. The van der Waals surface area contributed by atoms with Gasteiger partial charge in [0.15, 0.2) is 0 Å². The number of nitrogens with one attached hydrogen (secondary N) is 1. The zero-order chi connectivity index (χ0) is 14.2. The van der Waals surface area contributed by atoms with Gasteiger partial charge < -0.3 is 4.98 Å². The predicted octanol–water partition coefficient (Wildman–Crippen LogP) is 3.65. The lowest BCUT2D eigenvalue weighted by Gasteiger charge is -2.00. The summed E-state index contributed by atoms with van der Waals surface area (Å²) in [5.41, 5.74) is 4.28. The van der Waals surface area contributed by atoms with Crippen LogP contribution >= 0.6 is 0 Å². The summed E-state index contributed by atoms with van der Waals surface area (Å²) >= 11 is 0. The molecule has 1 aromatic carbocycles. The molecule has 4 aromatic rings. The van der Waals surface area contributed by atoms with Gasteiger partial charge in [-0.1, -0.05) is 30.3 Å². The first kappa shape index (κ1) is 11.6. The molecular formula is C17H10N4. The Labute approximate surface area is 120 Å². The van der Waals surface area contributed by atoms with Crippen molar-refractivity contribution in [2.24, 2.45) is 0 Å². The molecule has 4 nitrogen and oxygen atoms in total. The lowest BCUT2D eigenvalue weighted by atomic mass is 10.1. The van der Waals surface area contributed by atoms with Crippen LogP contribution in [0.1, 0.15) is 5.69 Å². The van der Waals surface area contributed by atoms with E-state index in [2.05, 4.69) is 39.2 Å². The molecule has 4 rings (SSSR count). The van der Waals surface area contributed by atoms with Gasteiger partial charge in [0, 0.05) is 22.5 Å². The van der Waals surface area contributed by atoms with E-state index in [0.717, 1.165) is 33.1 Å². The molecule has 0 aliphatic heterocycles. The van der Waals surface area contributed by atoms with E-state index >= 15 is 0 Å². The second-order valence-corrected chi connectivity index (χ2v) is 4.84. The van der Waals surface area contributed by atoms with Gasteiger partial charge in [0.25, 0.3) is 0 Å². The predicted molar refractivity (Wildman–Crippen MR) is 81.5 cm³/mol. The van der Waals surface area contributed by atoms with Gasteiger partial charge in [-0.2, -0.15) is 5.26 Å². The molecule has 0 bridgehead atoms. The molecule has 3 aromatic heterocycles. The number of aromatic amines is 1. The molecule has 0 radical (unpaired) electrons. The number of hydrogen-bond acceptors (Lipinski definition) is 3. The van der Waals surface area contributed by atoms with Crippen molar-refractivity contribution in [3.63, 3.8) is 0 Å². The van der Waals surface area contributed by atoms with Crippen molar-refractivity contribution >= 4 is 21.9 Å². The van der Waals surface area contributed by atoms with E-state index in [-0.39, 0.29) is 0 Å². The number of nitrogens with zero attached hydrogens (tertiary/aromatic N) is 3. The summed E-state index contributed by atoms with van der Waals surface area (Å²) in [6.45, 7) is 0. The van der Waals surface area contributed by atoms with Crippen LogP contribution in [0.5, 0.6) is 0 Å². The smallest absolute Gasteiger partial charge is 0.141 e. The maximum absolute atomic E-state index is 9.00. The van der Waals surface area contributed by atoms with E-state index in [1.165, 1.54) is 0 Å². The summed E-state index contributed by atoms with van der Waals surface area (Å²) < 4.78 is 0. The molecule has 0 aliphatic rings. The van der Waals surface area contributed by atoms with Gasteiger partial charge in [-0.3, -0.25) is 0 Å². The molecular weight excluding hydrogens is 260 g/mol. The fourth-order valence-corrected chi connectivity index (χ4v) is 2.52. The Balaban J connectivity index is 2.02. The van der Waals surface area contributed by atoms with Crippen LogP contribution in [-0.2, 0) is 0 Å². The molecule has 0 saturated carbocycles. The second-order valence-electron chi connectivity index (χ2n) is 4.84. The highest BCUT2D eigenvalue weighted by atomic mass is 14.9. The molecule has 3 heterocycles. The Morgan fingerprint density at radius 3 is 2.57 bits per heavy atom. The van der Waals surface area contributed by atoms with Crippen LogP contribution in [0, 0.1) is 11.3 Å². The van der Waals surface area contributed by atoms with Crippen LogP contribution in [-0.4, -0.2) is 15.0 Å². The molecule has 1 N–H and O–H groups in total. The van der Waals surface area contributed by atoms with Gasteiger partial charge in [-0.15, -0.1) is 0 Å². The van der Waals surface area contributed by atoms with Crippen LogP contribution < -0.4 is 0 Å². The monoisotopic (exact) mass is 270 g/mol. The minimum Gasteiger partial charge on any atom is -0.338 e. The van der Waals surface area contributed by atoms with Crippen molar-refractivity contribution in [1.82, 2.24) is 15.0 Å². The standard InChI is InChI=1S/C17H10N4/c18-8-13-7-14-15-6-12(11-4-2-1-3-5-11)9-20-17(15)21-16(14)10-19-13/h1-7,9-10H,(H,20,21). The third-order valence-electron chi connectivity index (χ3n) is 3.56. The number of rotatable bonds is 1. The maximum Gasteiger partial charge on any atom is 0.141 e. The number of nitriles is 1. The lowest BCUT2D eigenvalue weighted by Crippen LogP contribution is -1.81. The summed E-state index contributed by atoms with van der Waals surface area (Å²) in [6, 6.07) is 16.1. The molecule has 21 heavy (non-hydrogen) atoms. The van der Waals surface area contributed by atoms with Crippen molar-refractivity contribution in [3.05, 3.63) is 60.6 Å². The molecule has 0 aliphatic carbocycles. The third-order valence-corrected chi connectivity index (χ3v) is 3.56. The van der Waals surface area contributed by atoms with Gasteiger partial charge in [0.05, 0.1) is 11.7 Å². The van der Waals surface area contributed by atoms with Crippen molar-refractivity contribution in [3.8, 4) is 17.2 Å². The van der Waals surface area contributed by atoms with Crippen LogP contribution in [0.3, 0.4) is 0 Å². The maximum atomic E-state index is 9.00. The van der Waals surface area contributed by atoms with Crippen molar-refractivity contribution < 1.29 is 0 Å². The molecule has 0 spiro atoms. The van der Waals surface area contributed by atoms with Gasteiger partial charge >= 0.3 is 0 Å². The van der Waals surface area contributed by atoms with Gasteiger partial charge in [0.1, 0.15) is 17.4 Å². The zero-order valence-electron chi connectivity index (χ0n) is 11.0. The van der Waals surface area contributed by atoms with Crippen LogP contribution in [0.4, 0.5) is 0 Å². The number of hydrogen-bond donors (Lipinski definition) is 1. The summed E-state index contributed by atoms with van der Waals surface area (Å²) in [5.74, 6) is 0. The number of benzene rings is 1. The third kappa shape index (κ3) is 1.84. The van der Waals surface area contributed by atoms with Crippen molar-refractivity contribution in [1.29, 1.82) is 5.26 Å². The molecule has 0 atom stereocenters. The molecule has 98 valence electrons. The summed E-state index contributed by atoms with van der Waals surface area (Å²) in [6.07, 6.45) is 3.53. The Kier molecular flexibility index (Phi) is 2.45. The van der Waals surface area contributed by atoms with Crippen LogP contribution in [0.25, 0.3) is 33.1 Å². The Morgan fingerprint density at radius 1 is 0.905 bits per heavy atom. The molecule has 0 saturated heterocycles. The molecule has 0 unspecified atom stereocenters. The highest BCUT2D eigenvalue weighted by molar-refractivity contribution is 6.06. The quantitative estimate of drug-likeness (QED) is 0.574. The average molecular weight is 270 g/mol. The number of fused-ring (bicyclic) bond motifs is 3. The summed E-state index contributed by atoms with van der Waals surface area (Å²) in [5, 5.41) is 11.0. The van der Waals surface area contributed by atoms with E-state index < -0.39 is 0 Å². The first-order valence-corrected chi connectivity index (χ1v) is 6.58. The topological polar surface area (TPSA) is 65.4 Å². The zero-order valence-corrected chi connectivity index (χ0v) is 11.0. The minimum atomic E-state index is 0.411. The van der Waals surface area contributed by atoms with Crippen LogP contribution in [0.15, 0.2) is 54.9 Å². The van der Waals surface area contributed by atoms with E-state index in [0.29, 0.717) is 5.69 Å². The van der Waals surface area contributed by atoms with Crippen molar-refractivity contribution in [2.45, 2.75) is 0 Å². The summed E-state index contributed by atoms with van der Waals surface area (Å²) in [4.78, 5) is 11.8. The second kappa shape index (κ2) is 4.43. The van der Waals surface area contributed by atoms with E-state index in [9.17, 15) is 0 Å². The first-order chi connectivity index (χ1) is 10.3. The lowest BCUT2D eigenvalue weighted by molar-refractivity contribution is 1.27. The first-order valence-electron chi connectivity index (χ1n) is 6.58. The van der Waals surface area contributed by atoms with Gasteiger partial charge in [-0.25, -0.2) is 9.97 Å². The SMILES string of the molecule is N#Cc1cc2c(cn1)[nH]c1ncc(-c3ccccc3)cc12. The van der Waals surface area contributed by atoms with Gasteiger partial charge in [0.2, 0.25) is 0 Å². The van der Waals surface area contributed by atoms with E-state index in [4.69, 9.17) is 5.26 Å². The summed E-state index contributed by atoms with van der Waals surface area (Å²) in [7, 11) is 0. The average Bonchev–Trinajstić information content (AvgIpc) is 2.92. The fraction of sp³-hybridized carbons (Fsp3) is 0. The van der Waals surface area contributed by atoms with Gasteiger partial charge in [-0.05, 0) is 17.7 Å². The highest BCUT2D eigenvalue weighted by Gasteiger charge is 2.08. The van der Waals surface area contributed by atoms with Crippen molar-refractivity contribution in [2.75, 3.05) is 0 Å².